The van der Waals surface area contributed by atoms with Crippen molar-refractivity contribution in [2.24, 2.45) is 0 Å². The predicted molar refractivity (Wildman–Crippen MR) is 77.3 cm³/mol. The van der Waals surface area contributed by atoms with Crippen molar-refractivity contribution in [1.29, 1.82) is 10.5 Å². The van der Waals surface area contributed by atoms with Gasteiger partial charge < -0.3 is 14.5 Å². The molecule has 2 aromatic rings. The van der Waals surface area contributed by atoms with Gasteiger partial charge in [0.15, 0.2) is 0 Å². The maximum Gasteiger partial charge on any atom is 0.129 e. The fourth-order valence-electron chi connectivity index (χ4n) is 1.88. The third-order valence-electron chi connectivity index (χ3n) is 2.90. The molecule has 0 amide bonds. The van der Waals surface area contributed by atoms with Crippen LogP contribution < -0.4 is 5.32 Å². The molecule has 0 aliphatic rings. The Bertz CT molecular complexity index is 619. The second-order valence-corrected chi connectivity index (χ2v) is 4.36. The molecule has 0 unspecified atom stereocenters. The smallest absolute Gasteiger partial charge is 0.129 e. The Balaban J connectivity index is 1.76. The first-order valence-corrected chi connectivity index (χ1v) is 6.62. The van der Waals surface area contributed by atoms with E-state index in [2.05, 4.69) is 17.5 Å². The van der Waals surface area contributed by atoms with Gasteiger partial charge in [-0.15, -0.1) is 0 Å². The van der Waals surface area contributed by atoms with Crippen molar-refractivity contribution in [3.05, 3.63) is 53.5 Å². The van der Waals surface area contributed by atoms with E-state index in [1.54, 1.807) is 24.5 Å². The molecule has 0 saturated carbocycles. The van der Waals surface area contributed by atoms with Crippen LogP contribution in [0.3, 0.4) is 0 Å². The lowest BCUT2D eigenvalue weighted by molar-refractivity contribution is 0.106. The number of rotatable bonds is 7. The van der Waals surface area contributed by atoms with Crippen molar-refractivity contribution in [2.75, 3.05) is 18.5 Å². The Hall–Kier alpha value is -2.76. The zero-order chi connectivity index (χ0) is 14.9. The molecule has 21 heavy (non-hydrogen) atoms. The number of hydrogen-bond acceptors (Lipinski definition) is 5. The van der Waals surface area contributed by atoms with E-state index in [1.807, 2.05) is 12.1 Å². The van der Waals surface area contributed by atoms with Crippen LogP contribution in [0.15, 0.2) is 41.0 Å². The molecule has 0 radical (unpaired) electrons. The summed E-state index contributed by atoms with van der Waals surface area (Å²) in [6.07, 6.45) is 2.38. The molecule has 0 aliphatic heterocycles. The van der Waals surface area contributed by atoms with Crippen LogP contribution in [0.5, 0.6) is 0 Å². The lowest BCUT2D eigenvalue weighted by Gasteiger charge is -2.09. The fraction of sp³-hybridized carbons (Fsp3) is 0.250. The molecule has 1 heterocycles. The van der Waals surface area contributed by atoms with Gasteiger partial charge >= 0.3 is 0 Å². The number of nitrogens with one attached hydrogen (secondary N) is 1. The van der Waals surface area contributed by atoms with Crippen LogP contribution in [0, 0.1) is 22.7 Å². The van der Waals surface area contributed by atoms with E-state index in [-0.39, 0.29) is 0 Å². The largest absolute Gasteiger partial charge is 0.467 e. The van der Waals surface area contributed by atoms with Gasteiger partial charge in [0.1, 0.15) is 24.5 Å². The number of nitrogens with zero attached hydrogens (tertiary/aromatic N) is 2. The maximum absolute atomic E-state index is 9.05. The number of furan rings is 1. The summed E-state index contributed by atoms with van der Waals surface area (Å²) >= 11 is 0. The SMILES string of the molecule is N#Cc1cccc(C#N)c1NCCCOCc1ccco1. The number of anilines is 1. The Kier molecular flexibility index (Phi) is 5.40. The Labute approximate surface area is 123 Å². The molecule has 1 aromatic carbocycles. The second kappa shape index (κ2) is 7.74. The summed E-state index contributed by atoms with van der Waals surface area (Å²) < 4.78 is 10.6. The van der Waals surface area contributed by atoms with E-state index in [0.29, 0.717) is 36.6 Å². The quantitative estimate of drug-likeness (QED) is 0.789. The second-order valence-electron chi connectivity index (χ2n) is 4.36. The number of ether oxygens (including phenoxy) is 1. The lowest BCUT2D eigenvalue weighted by atomic mass is 10.1. The molecule has 1 N–H and O–H groups in total. The summed E-state index contributed by atoms with van der Waals surface area (Å²) in [5, 5.41) is 21.2. The molecule has 0 saturated heterocycles. The molecule has 5 nitrogen and oxygen atoms in total. The summed E-state index contributed by atoms with van der Waals surface area (Å²) in [6, 6.07) is 12.9. The first-order valence-electron chi connectivity index (χ1n) is 6.62. The zero-order valence-corrected chi connectivity index (χ0v) is 11.5. The van der Waals surface area contributed by atoms with Gasteiger partial charge in [-0.25, -0.2) is 0 Å². The van der Waals surface area contributed by atoms with Crippen LogP contribution in [-0.2, 0) is 11.3 Å². The Morgan fingerprint density at radius 3 is 2.48 bits per heavy atom. The minimum Gasteiger partial charge on any atom is -0.467 e. The molecule has 0 atom stereocenters. The van der Waals surface area contributed by atoms with Gasteiger partial charge in [0, 0.05) is 13.2 Å². The van der Waals surface area contributed by atoms with Gasteiger partial charge in [-0.05, 0) is 30.7 Å². The highest BCUT2D eigenvalue weighted by atomic mass is 16.5. The summed E-state index contributed by atoms with van der Waals surface area (Å²) in [4.78, 5) is 0. The maximum atomic E-state index is 9.05. The van der Waals surface area contributed by atoms with Crippen LogP contribution >= 0.6 is 0 Å². The van der Waals surface area contributed by atoms with Gasteiger partial charge in [-0.3, -0.25) is 0 Å². The Morgan fingerprint density at radius 1 is 1.10 bits per heavy atom. The van der Waals surface area contributed by atoms with Crippen molar-refractivity contribution in [3.8, 4) is 12.1 Å². The molecule has 0 bridgehead atoms. The molecule has 106 valence electrons. The molecular weight excluding hydrogens is 266 g/mol. The summed E-state index contributed by atoms with van der Waals surface area (Å²) in [7, 11) is 0. The average molecular weight is 281 g/mol. The van der Waals surface area contributed by atoms with Crippen molar-refractivity contribution in [3.63, 3.8) is 0 Å². The Morgan fingerprint density at radius 2 is 1.86 bits per heavy atom. The lowest BCUT2D eigenvalue weighted by Crippen LogP contribution is -2.08. The monoisotopic (exact) mass is 281 g/mol. The summed E-state index contributed by atoms with van der Waals surface area (Å²) in [5.74, 6) is 0.796. The van der Waals surface area contributed by atoms with Crippen LogP contribution in [-0.4, -0.2) is 13.2 Å². The van der Waals surface area contributed by atoms with E-state index in [1.165, 1.54) is 0 Å². The van der Waals surface area contributed by atoms with E-state index >= 15 is 0 Å². The first kappa shape index (κ1) is 14.6. The fourth-order valence-corrected chi connectivity index (χ4v) is 1.88. The standard InChI is InChI=1S/C16H15N3O2/c17-10-13-4-1-5-14(11-18)16(13)19-7-3-8-20-12-15-6-2-9-21-15/h1-2,4-6,9,19H,3,7-8,12H2. The third kappa shape index (κ3) is 4.10. The number of benzene rings is 1. The minimum atomic E-state index is 0.450. The van der Waals surface area contributed by atoms with Gasteiger partial charge in [-0.1, -0.05) is 6.07 Å². The summed E-state index contributed by atoms with van der Waals surface area (Å²) in [5.41, 5.74) is 1.55. The van der Waals surface area contributed by atoms with Crippen LogP contribution in [0.4, 0.5) is 5.69 Å². The highest BCUT2D eigenvalue weighted by Gasteiger charge is 2.06. The van der Waals surface area contributed by atoms with E-state index in [0.717, 1.165) is 12.2 Å². The van der Waals surface area contributed by atoms with Gasteiger partial charge in [-0.2, -0.15) is 10.5 Å². The topological polar surface area (TPSA) is 82.0 Å². The highest BCUT2D eigenvalue weighted by molar-refractivity contribution is 5.66. The highest BCUT2D eigenvalue weighted by Crippen LogP contribution is 2.19. The van der Waals surface area contributed by atoms with Crippen LogP contribution in [0.2, 0.25) is 0 Å². The normalized spacial score (nSPS) is 9.81. The molecule has 0 fully saturated rings. The minimum absolute atomic E-state index is 0.450. The van der Waals surface area contributed by atoms with E-state index < -0.39 is 0 Å². The molecular formula is C16H15N3O2. The zero-order valence-electron chi connectivity index (χ0n) is 11.5. The summed E-state index contributed by atoms with van der Waals surface area (Å²) in [6.45, 7) is 1.65. The van der Waals surface area contributed by atoms with Crippen LogP contribution in [0.25, 0.3) is 0 Å². The number of para-hydroxylation sites is 1. The molecule has 1 aromatic heterocycles. The predicted octanol–water partition coefficient (Wildman–Crippen LogP) is 3.04. The molecule has 5 heteroatoms. The van der Waals surface area contributed by atoms with Crippen molar-refractivity contribution in [1.82, 2.24) is 0 Å². The van der Waals surface area contributed by atoms with E-state index in [9.17, 15) is 0 Å². The third-order valence-corrected chi connectivity index (χ3v) is 2.90. The van der Waals surface area contributed by atoms with Crippen molar-refractivity contribution < 1.29 is 9.15 Å². The number of hydrogen-bond donors (Lipinski definition) is 1. The van der Waals surface area contributed by atoms with Crippen molar-refractivity contribution >= 4 is 5.69 Å². The van der Waals surface area contributed by atoms with Gasteiger partial charge in [0.2, 0.25) is 0 Å². The molecule has 2 rings (SSSR count). The van der Waals surface area contributed by atoms with Gasteiger partial charge in [0.05, 0.1) is 23.1 Å². The number of nitriles is 2. The van der Waals surface area contributed by atoms with Crippen molar-refractivity contribution in [2.45, 2.75) is 13.0 Å². The van der Waals surface area contributed by atoms with E-state index in [4.69, 9.17) is 19.7 Å². The molecule has 0 aliphatic carbocycles. The van der Waals surface area contributed by atoms with Crippen LogP contribution in [0.1, 0.15) is 23.3 Å². The average Bonchev–Trinajstić information content (AvgIpc) is 3.03. The van der Waals surface area contributed by atoms with Gasteiger partial charge in [0.25, 0.3) is 0 Å². The first-order chi connectivity index (χ1) is 10.3. The molecule has 0 spiro atoms.